The minimum atomic E-state index is 0.0178. The van der Waals surface area contributed by atoms with Crippen LogP contribution >= 0.6 is 0 Å². The van der Waals surface area contributed by atoms with Gasteiger partial charge in [-0.3, -0.25) is 4.98 Å². The van der Waals surface area contributed by atoms with Crippen LogP contribution in [0.25, 0.3) is 0 Å². The van der Waals surface area contributed by atoms with E-state index in [0.29, 0.717) is 6.54 Å². The molecule has 0 saturated carbocycles. The molecule has 17 heavy (non-hydrogen) atoms. The molecule has 0 aliphatic heterocycles. The summed E-state index contributed by atoms with van der Waals surface area (Å²) in [7, 11) is 0. The third kappa shape index (κ3) is 5.80. The predicted molar refractivity (Wildman–Crippen MR) is 70.7 cm³/mol. The summed E-state index contributed by atoms with van der Waals surface area (Å²) in [6.07, 6.45) is 9.87. The summed E-state index contributed by atoms with van der Waals surface area (Å²) in [5, 5.41) is 0. The molecule has 1 rings (SSSR count). The lowest BCUT2D eigenvalue weighted by molar-refractivity contribution is 0.0557. The van der Waals surface area contributed by atoms with Gasteiger partial charge >= 0.3 is 0 Å². The van der Waals surface area contributed by atoms with E-state index in [0.717, 1.165) is 18.6 Å². The fraction of sp³-hybridized carbons (Fsp3) is 0.643. The zero-order valence-electron chi connectivity index (χ0n) is 10.8. The molecule has 0 fully saturated rings. The van der Waals surface area contributed by atoms with Crippen LogP contribution in [0.5, 0.6) is 0 Å². The highest BCUT2D eigenvalue weighted by atomic mass is 16.5. The molecule has 1 atom stereocenters. The molecule has 1 heterocycles. The van der Waals surface area contributed by atoms with Gasteiger partial charge < -0.3 is 10.5 Å². The van der Waals surface area contributed by atoms with Crippen molar-refractivity contribution in [1.29, 1.82) is 0 Å². The van der Waals surface area contributed by atoms with Gasteiger partial charge in [0.05, 0.1) is 6.10 Å². The topological polar surface area (TPSA) is 48.1 Å². The van der Waals surface area contributed by atoms with Crippen molar-refractivity contribution in [3.05, 3.63) is 30.1 Å². The minimum Gasteiger partial charge on any atom is -0.372 e. The lowest BCUT2D eigenvalue weighted by Gasteiger charge is -2.16. The molecule has 1 aromatic rings. The van der Waals surface area contributed by atoms with Crippen LogP contribution in [0.2, 0.25) is 0 Å². The van der Waals surface area contributed by atoms with Crippen LogP contribution < -0.4 is 5.73 Å². The van der Waals surface area contributed by atoms with Gasteiger partial charge in [-0.05, 0) is 24.1 Å². The Balaban J connectivity index is 2.20. The first-order valence-corrected chi connectivity index (χ1v) is 6.60. The van der Waals surface area contributed by atoms with Crippen molar-refractivity contribution < 1.29 is 4.74 Å². The predicted octanol–water partition coefficient (Wildman–Crippen LogP) is 3.07. The van der Waals surface area contributed by atoms with Gasteiger partial charge in [-0.2, -0.15) is 0 Å². The number of pyridine rings is 1. The van der Waals surface area contributed by atoms with Gasteiger partial charge in [0.15, 0.2) is 0 Å². The Bertz CT molecular complexity index is 277. The maximum Gasteiger partial charge on any atom is 0.0948 e. The zero-order valence-corrected chi connectivity index (χ0v) is 10.8. The van der Waals surface area contributed by atoms with Crippen LogP contribution in [-0.4, -0.2) is 18.1 Å². The van der Waals surface area contributed by atoms with E-state index in [2.05, 4.69) is 11.9 Å². The van der Waals surface area contributed by atoms with Crippen molar-refractivity contribution in [2.24, 2.45) is 5.73 Å². The van der Waals surface area contributed by atoms with Crippen LogP contribution in [-0.2, 0) is 4.74 Å². The molecule has 1 unspecified atom stereocenters. The van der Waals surface area contributed by atoms with Crippen molar-refractivity contribution in [2.45, 2.75) is 45.1 Å². The number of hydrogen-bond donors (Lipinski definition) is 1. The minimum absolute atomic E-state index is 0.0178. The number of nitrogens with zero attached hydrogens (tertiary/aromatic N) is 1. The fourth-order valence-corrected chi connectivity index (χ4v) is 1.81. The third-order valence-corrected chi connectivity index (χ3v) is 2.86. The van der Waals surface area contributed by atoms with E-state index in [1.807, 2.05) is 12.1 Å². The number of hydrogen-bond acceptors (Lipinski definition) is 3. The van der Waals surface area contributed by atoms with E-state index in [1.165, 1.54) is 25.7 Å². The van der Waals surface area contributed by atoms with E-state index >= 15 is 0 Å². The lowest BCUT2D eigenvalue weighted by Crippen LogP contribution is -2.16. The Morgan fingerprint density at radius 1 is 1.18 bits per heavy atom. The highest BCUT2D eigenvalue weighted by Crippen LogP contribution is 2.15. The molecule has 0 radical (unpaired) electrons. The van der Waals surface area contributed by atoms with Crippen molar-refractivity contribution in [2.75, 3.05) is 13.2 Å². The Hall–Kier alpha value is -0.930. The molecule has 2 N–H and O–H groups in total. The second-order valence-electron chi connectivity index (χ2n) is 4.29. The Kier molecular flexibility index (Phi) is 7.60. The van der Waals surface area contributed by atoms with Crippen molar-refractivity contribution in [1.82, 2.24) is 4.98 Å². The molecule has 3 heteroatoms. The largest absolute Gasteiger partial charge is 0.372 e. The molecule has 0 saturated heterocycles. The second-order valence-corrected chi connectivity index (χ2v) is 4.29. The SMILES string of the molecule is CCCCCCCOC(CN)c1ccncc1. The van der Waals surface area contributed by atoms with Gasteiger partial charge in [0.25, 0.3) is 0 Å². The third-order valence-electron chi connectivity index (χ3n) is 2.86. The Labute approximate surface area is 104 Å². The van der Waals surface area contributed by atoms with Crippen molar-refractivity contribution in [3.63, 3.8) is 0 Å². The van der Waals surface area contributed by atoms with Gasteiger partial charge in [0.1, 0.15) is 0 Å². The first kappa shape index (κ1) is 14.1. The number of unbranched alkanes of at least 4 members (excludes halogenated alkanes) is 4. The molecule has 0 bridgehead atoms. The smallest absolute Gasteiger partial charge is 0.0948 e. The molecule has 0 aliphatic rings. The Morgan fingerprint density at radius 2 is 1.88 bits per heavy atom. The van der Waals surface area contributed by atoms with Crippen LogP contribution in [0, 0.1) is 0 Å². The number of rotatable bonds is 9. The maximum atomic E-state index is 5.80. The van der Waals surface area contributed by atoms with E-state index in [4.69, 9.17) is 10.5 Å². The summed E-state index contributed by atoms with van der Waals surface area (Å²) in [4.78, 5) is 4.00. The van der Waals surface area contributed by atoms with Crippen LogP contribution in [0.15, 0.2) is 24.5 Å². The van der Waals surface area contributed by atoms with E-state index < -0.39 is 0 Å². The van der Waals surface area contributed by atoms with Gasteiger partial charge in [0, 0.05) is 25.5 Å². The van der Waals surface area contributed by atoms with Gasteiger partial charge in [-0.15, -0.1) is 0 Å². The van der Waals surface area contributed by atoms with Crippen LogP contribution in [0.4, 0.5) is 0 Å². The zero-order chi connectivity index (χ0) is 12.3. The van der Waals surface area contributed by atoms with Gasteiger partial charge in [0.2, 0.25) is 0 Å². The molecule has 3 nitrogen and oxygen atoms in total. The molecular weight excluding hydrogens is 212 g/mol. The second kappa shape index (κ2) is 9.14. The normalized spacial score (nSPS) is 12.6. The molecular formula is C14H24N2O. The summed E-state index contributed by atoms with van der Waals surface area (Å²) in [5.74, 6) is 0. The number of nitrogens with two attached hydrogens (primary N) is 1. The Morgan fingerprint density at radius 3 is 2.53 bits per heavy atom. The molecule has 0 spiro atoms. The molecule has 0 aromatic carbocycles. The average Bonchev–Trinajstić information content (AvgIpc) is 2.39. The van der Waals surface area contributed by atoms with E-state index in [1.54, 1.807) is 12.4 Å². The highest BCUT2D eigenvalue weighted by molar-refractivity contribution is 5.13. The standard InChI is InChI=1S/C14H24N2O/c1-2-3-4-5-6-11-17-14(12-15)13-7-9-16-10-8-13/h7-10,14H,2-6,11-12,15H2,1H3. The van der Waals surface area contributed by atoms with Crippen molar-refractivity contribution in [3.8, 4) is 0 Å². The molecule has 96 valence electrons. The first-order valence-electron chi connectivity index (χ1n) is 6.60. The molecule has 0 amide bonds. The maximum absolute atomic E-state index is 5.80. The summed E-state index contributed by atoms with van der Waals surface area (Å²) in [5.41, 5.74) is 6.84. The van der Waals surface area contributed by atoms with Crippen LogP contribution in [0.1, 0.15) is 50.7 Å². The van der Waals surface area contributed by atoms with E-state index in [9.17, 15) is 0 Å². The lowest BCUT2D eigenvalue weighted by atomic mass is 10.1. The van der Waals surface area contributed by atoms with Crippen molar-refractivity contribution >= 4 is 0 Å². The average molecular weight is 236 g/mol. The van der Waals surface area contributed by atoms with Gasteiger partial charge in [-0.1, -0.05) is 32.6 Å². The summed E-state index contributed by atoms with van der Waals surface area (Å²) in [6, 6.07) is 3.93. The highest BCUT2D eigenvalue weighted by Gasteiger charge is 2.08. The molecule has 0 aliphatic carbocycles. The number of aromatic nitrogens is 1. The summed E-state index contributed by atoms with van der Waals surface area (Å²) >= 11 is 0. The number of ether oxygens (including phenoxy) is 1. The van der Waals surface area contributed by atoms with E-state index in [-0.39, 0.29) is 6.10 Å². The quantitative estimate of drug-likeness (QED) is 0.670. The fourth-order valence-electron chi connectivity index (χ4n) is 1.81. The summed E-state index contributed by atoms with van der Waals surface area (Å²) < 4.78 is 5.80. The molecule has 1 aromatic heterocycles. The monoisotopic (exact) mass is 236 g/mol. The summed E-state index contributed by atoms with van der Waals surface area (Å²) in [6.45, 7) is 3.55. The van der Waals surface area contributed by atoms with Crippen LogP contribution in [0.3, 0.4) is 0 Å². The van der Waals surface area contributed by atoms with Gasteiger partial charge in [-0.25, -0.2) is 0 Å². The first-order chi connectivity index (χ1) is 8.38.